The lowest BCUT2D eigenvalue weighted by Gasteiger charge is -2.15. The van der Waals surface area contributed by atoms with Gasteiger partial charge in [0.05, 0.1) is 6.42 Å². The van der Waals surface area contributed by atoms with E-state index >= 15 is 0 Å². The van der Waals surface area contributed by atoms with Crippen LogP contribution in [0.5, 0.6) is 11.5 Å². The maximum atomic E-state index is 12.2. The summed E-state index contributed by atoms with van der Waals surface area (Å²) in [5.41, 5.74) is 5.04. The van der Waals surface area contributed by atoms with Gasteiger partial charge in [-0.3, -0.25) is 4.79 Å². The van der Waals surface area contributed by atoms with Crippen molar-refractivity contribution in [3.05, 3.63) is 58.1 Å². The maximum Gasteiger partial charge on any atom is 0.389 e. The van der Waals surface area contributed by atoms with Crippen molar-refractivity contribution in [3.8, 4) is 11.5 Å². The van der Waals surface area contributed by atoms with Crippen molar-refractivity contribution >= 4 is 5.78 Å². The quantitative estimate of drug-likeness (QED) is 0.582. The molecule has 2 rings (SSSR count). The number of alkyl halides is 3. The molecule has 0 aliphatic carbocycles. The highest BCUT2D eigenvalue weighted by atomic mass is 19.4. The highest BCUT2D eigenvalue weighted by molar-refractivity contribution is 5.80. The van der Waals surface area contributed by atoms with E-state index in [0.717, 1.165) is 27.8 Å². The molecule has 0 radical (unpaired) electrons. The van der Waals surface area contributed by atoms with E-state index in [9.17, 15) is 23.1 Å². The summed E-state index contributed by atoms with van der Waals surface area (Å²) in [5, 5.41) is 10.00. The zero-order valence-electron chi connectivity index (χ0n) is 17.2. The smallest absolute Gasteiger partial charge is 0.389 e. The second-order valence-corrected chi connectivity index (χ2v) is 7.70. The summed E-state index contributed by atoms with van der Waals surface area (Å²) in [7, 11) is 0. The number of rotatable bonds is 8. The average molecular weight is 408 g/mol. The number of ether oxygens (including phenoxy) is 1. The van der Waals surface area contributed by atoms with E-state index < -0.39 is 24.8 Å². The van der Waals surface area contributed by atoms with Crippen LogP contribution in [0.4, 0.5) is 13.2 Å². The predicted molar refractivity (Wildman–Crippen MR) is 107 cm³/mol. The Labute approximate surface area is 169 Å². The molecular formula is C23H27F3O3. The van der Waals surface area contributed by atoms with Crippen LogP contribution in [0.15, 0.2) is 30.3 Å². The van der Waals surface area contributed by atoms with Crippen LogP contribution < -0.4 is 4.74 Å². The third-order valence-corrected chi connectivity index (χ3v) is 4.85. The molecule has 0 bridgehead atoms. The molecule has 158 valence electrons. The molecule has 29 heavy (non-hydrogen) atoms. The Hall–Kier alpha value is -2.50. The number of Topliss-reactive ketones (excluding diaryl/α,β-unsaturated/α-hetero) is 1. The van der Waals surface area contributed by atoms with Gasteiger partial charge in [-0.2, -0.15) is 13.2 Å². The van der Waals surface area contributed by atoms with Crippen LogP contribution in [0, 0.1) is 13.8 Å². The van der Waals surface area contributed by atoms with E-state index in [1.807, 2.05) is 39.8 Å². The molecule has 0 aliphatic rings. The Kier molecular flexibility index (Phi) is 7.33. The van der Waals surface area contributed by atoms with Crippen molar-refractivity contribution in [2.24, 2.45) is 0 Å². The summed E-state index contributed by atoms with van der Waals surface area (Å²) < 4.78 is 42.0. The second-order valence-electron chi connectivity index (χ2n) is 7.70. The van der Waals surface area contributed by atoms with Crippen molar-refractivity contribution in [1.29, 1.82) is 0 Å². The number of halogens is 3. The summed E-state index contributed by atoms with van der Waals surface area (Å²) in [5.74, 6) is 0.392. The van der Waals surface area contributed by atoms with Crippen molar-refractivity contribution in [2.75, 3.05) is 6.61 Å². The Morgan fingerprint density at radius 3 is 2.28 bits per heavy atom. The highest BCUT2D eigenvalue weighted by Crippen LogP contribution is 2.29. The topological polar surface area (TPSA) is 46.5 Å². The first-order valence-corrected chi connectivity index (χ1v) is 9.59. The number of benzene rings is 2. The molecule has 0 atom stereocenters. The molecule has 0 amide bonds. The number of carbonyl (C=O) groups is 1. The van der Waals surface area contributed by atoms with Crippen LogP contribution in [-0.2, 0) is 11.2 Å². The lowest BCUT2D eigenvalue weighted by Crippen LogP contribution is -2.16. The molecule has 0 heterocycles. The summed E-state index contributed by atoms with van der Waals surface area (Å²) in [6.07, 6.45) is -5.35. The van der Waals surface area contributed by atoms with Gasteiger partial charge in [0.1, 0.15) is 18.1 Å². The Balaban J connectivity index is 2.08. The molecule has 2 aromatic carbocycles. The molecule has 0 saturated carbocycles. The lowest BCUT2D eigenvalue weighted by atomic mass is 9.93. The third-order valence-electron chi connectivity index (χ3n) is 4.85. The van der Waals surface area contributed by atoms with E-state index in [1.54, 1.807) is 18.2 Å². The van der Waals surface area contributed by atoms with Crippen LogP contribution in [0.1, 0.15) is 60.4 Å². The molecule has 3 nitrogen and oxygen atoms in total. The maximum absolute atomic E-state index is 12.2. The number of aryl methyl sites for hydroxylation is 2. The molecule has 1 N–H and O–H groups in total. The van der Waals surface area contributed by atoms with Crippen LogP contribution in [0.25, 0.3) is 0 Å². The minimum Gasteiger partial charge on any atom is -0.508 e. The van der Waals surface area contributed by atoms with Gasteiger partial charge < -0.3 is 9.84 Å². The fraction of sp³-hybridized carbons (Fsp3) is 0.435. The molecule has 0 aromatic heterocycles. The van der Waals surface area contributed by atoms with Crippen LogP contribution >= 0.6 is 0 Å². The van der Waals surface area contributed by atoms with Gasteiger partial charge in [-0.05, 0) is 72.2 Å². The molecule has 2 aromatic rings. The van der Waals surface area contributed by atoms with Crippen molar-refractivity contribution < 1.29 is 27.8 Å². The van der Waals surface area contributed by atoms with Gasteiger partial charge in [-0.25, -0.2) is 0 Å². The number of phenolic OH excluding ortho intramolecular Hbond substituents is 1. The van der Waals surface area contributed by atoms with Gasteiger partial charge in [0.2, 0.25) is 0 Å². The van der Waals surface area contributed by atoms with Gasteiger partial charge in [0, 0.05) is 6.42 Å². The number of aromatic hydroxyl groups is 1. The van der Waals surface area contributed by atoms with Gasteiger partial charge in [-0.15, -0.1) is 0 Å². The fourth-order valence-corrected chi connectivity index (χ4v) is 3.21. The number of hydrogen-bond donors (Lipinski definition) is 1. The van der Waals surface area contributed by atoms with E-state index in [4.69, 9.17) is 4.74 Å². The zero-order valence-corrected chi connectivity index (χ0v) is 17.2. The summed E-state index contributed by atoms with van der Waals surface area (Å²) >= 11 is 0. The molecule has 0 fully saturated rings. The van der Waals surface area contributed by atoms with E-state index in [2.05, 4.69) is 0 Å². The van der Waals surface area contributed by atoms with E-state index in [1.165, 1.54) is 0 Å². The number of ketones is 1. The van der Waals surface area contributed by atoms with Crippen LogP contribution in [0.2, 0.25) is 0 Å². The lowest BCUT2D eigenvalue weighted by molar-refractivity contribution is -0.143. The van der Waals surface area contributed by atoms with Gasteiger partial charge in [-0.1, -0.05) is 26.0 Å². The summed E-state index contributed by atoms with van der Waals surface area (Å²) in [6, 6.07) is 9.19. The van der Waals surface area contributed by atoms with E-state index in [0.29, 0.717) is 12.2 Å². The largest absolute Gasteiger partial charge is 0.508 e. The minimum atomic E-state index is -4.34. The first-order chi connectivity index (χ1) is 13.5. The summed E-state index contributed by atoms with van der Waals surface area (Å²) in [4.78, 5) is 11.6. The highest BCUT2D eigenvalue weighted by Gasteiger charge is 2.27. The number of phenols is 1. The Bertz CT molecular complexity index is 847. The van der Waals surface area contributed by atoms with Crippen LogP contribution in [0.3, 0.4) is 0 Å². The van der Waals surface area contributed by atoms with Crippen LogP contribution in [-0.4, -0.2) is 23.7 Å². The van der Waals surface area contributed by atoms with Crippen molar-refractivity contribution in [3.63, 3.8) is 0 Å². The molecule has 0 saturated heterocycles. The number of carbonyl (C=O) groups excluding carboxylic acids is 1. The molecule has 0 aliphatic heterocycles. The molecule has 0 spiro atoms. The molecule has 0 unspecified atom stereocenters. The fourth-order valence-electron chi connectivity index (χ4n) is 3.21. The van der Waals surface area contributed by atoms with Gasteiger partial charge in [0.15, 0.2) is 5.78 Å². The first-order valence-electron chi connectivity index (χ1n) is 9.59. The Morgan fingerprint density at radius 2 is 1.72 bits per heavy atom. The first kappa shape index (κ1) is 22.8. The standard InChI is InChI=1S/C23H27F3O3/c1-14(2)20-11-17(5-6-22(20)28)12-21-15(3)9-19(10-16(21)4)29-13-18(27)7-8-23(24,25)26/h5-6,9-11,14,28H,7-8,12-13H2,1-4H3. The van der Waals surface area contributed by atoms with Gasteiger partial charge >= 0.3 is 6.18 Å². The third kappa shape index (κ3) is 6.80. The predicted octanol–water partition coefficient (Wildman–Crippen LogP) is 6.01. The normalized spacial score (nSPS) is 11.7. The van der Waals surface area contributed by atoms with Crippen molar-refractivity contribution in [2.45, 2.75) is 59.1 Å². The monoisotopic (exact) mass is 408 g/mol. The second kappa shape index (κ2) is 9.33. The molecular weight excluding hydrogens is 381 g/mol. The SMILES string of the molecule is Cc1cc(OCC(=O)CCC(F)(F)F)cc(C)c1Cc1ccc(O)c(C(C)C)c1. The van der Waals surface area contributed by atoms with E-state index in [-0.39, 0.29) is 18.3 Å². The van der Waals surface area contributed by atoms with Gasteiger partial charge in [0.25, 0.3) is 0 Å². The van der Waals surface area contributed by atoms with Crippen molar-refractivity contribution in [1.82, 2.24) is 0 Å². The average Bonchev–Trinajstić information content (AvgIpc) is 2.61. The Morgan fingerprint density at radius 1 is 1.10 bits per heavy atom. The minimum absolute atomic E-state index is 0.211. The zero-order chi connectivity index (χ0) is 21.8. The molecule has 6 heteroatoms. The number of hydrogen-bond acceptors (Lipinski definition) is 3. The summed E-state index contributed by atoms with van der Waals surface area (Å²) in [6.45, 7) is 7.55.